The first-order valence-corrected chi connectivity index (χ1v) is 25.2. The quantitative estimate of drug-likeness (QED) is 0.154. The number of fused-ring (bicyclic) bond motifs is 6. The maximum absolute atomic E-state index is 2.66. The third-order valence-electron chi connectivity index (χ3n) is 17.5. The summed E-state index contributed by atoms with van der Waals surface area (Å²) in [5.41, 5.74) is 25.1. The zero-order valence-electron chi connectivity index (χ0n) is 39.0. The van der Waals surface area contributed by atoms with Gasteiger partial charge in [0.05, 0.1) is 5.69 Å². The van der Waals surface area contributed by atoms with Crippen LogP contribution in [0.3, 0.4) is 0 Å². The number of benzene rings is 9. The van der Waals surface area contributed by atoms with Gasteiger partial charge in [-0.05, 0) is 170 Å². The number of rotatable bonds is 7. The van der Waals surface area contributed by atoms with E-state index in [1.165, 1.54) is 127 Å². The van der Waals surface area contributed by atoms with E-state index in [2.05, 4.69) is 231 Å². The van der Waals surface area contributed by atoms with Crippen LogP contribution in [-0.4, -0.2) is 0 Å². The van der Waals surface area contributed by atoms with Crippen molar-refractivity contribution in [2.45, 2.75) is 56.8 Å². The van der Waals surface area contributed by atoms with Crippen LogP contribution in [0.1, 0.15) is 68.2 Å². The van der Waals surface area contributed by atoms with E-state index in [-0.39, 0.29) is 10.8 Å². The molecule has 0 aromatic heterocycles. The largest absolute Gasteiger partial charge is 0.310 e. The van der Waals surface area contributed by atoms with Gasteiger partial charge in [0.2, 0.25) is 0 Å². The molecule has 0 saturated heterocycles. The summed E-state index contributed by atoms with van der Waals surface area (Å²) in [6.45, 7) is 4.83. The molecule has 1 nitrogen and oxygen atoms in total. The molecule has 0 N–H and O–H groups in total. The number of hydrogen-bond acceptors (Lipinski definition) is 1. The number of nitrogens with zero attached hydrogens (tertiary/aromatic N) is 1. The molecule has 0 heterocycles. The highest BCUT2D eigenvalue weighted by atomic mass is 15.1. The predicted molar refractivity (Wildman–Crippen MR) is 284 cm³/mol. The Morgan fingerprint density at radius 2 is 0.765 bits per heavy atom. The van der Waals surface area contributed by atoms with Gasteiger partial charge in [-0.3, -0.25) is 0 Å². The minimum absolute atomic E-state index is 0.0799. The lowest BCUT2D eigenvalue weighted by atomic mass is 9.43. The van der Waals surface area contributed by atoms with Crippen LogP contribution in [0.2, 0.25) is 0 Å². The molecule has 4 fully saturated rings. The molecule has 4 saturated carbocycles. The summed E-state index contributed by atoms with van der Waals surface area (Å²) in [4.78, 5) is 2.59. The normalized spacial score (nSPS) is 21.9. The van der Waals surface area contributed by atoms with Crippen molar-refractivity contribution in [1.82, 2.24) is 0 Å². The molecule has 0 amide bonds. The standard InChI is InChI=1S/C67H55N/c1-66(2)61-20-9-6-16-56(61)59-18-12-19-60(65(59)66)58-17-8-11-22-64(58)68(53-33-31-50(32-34-53)49-29-27-48(28-30-49)47-25-23-46(24-26-47)45-13-4-3-5-14-45)54-35-36-57-55-15-7-10-21-62(55)67(63(57)42-54)51-38-43-37-44(40-51)41-52(67)39-43/h3-36,42-44,51-52H,37-41H2,1-2H3. The van der Waals surface area contributed by atoms with E-state index < -0.39 is 0 Å². The molecule has 15 rings (SSSR count). The molecule has 1 spiro atoms. The Morgan fingerprint density at radius 3 is 1.37 bits per heavy atom. The summed E-state index contributed by atoms with van der Waals surface area (Å²) in [5, 5.41) is 0. The van der Waals surface area contributed by atoms with E-state index >= 15 is 0 Å². The summed E-state index contributed by atoms with van der Waals surface area (Å²) in [5.74, 6) is 3.20. The molecule has 9 aromatic rings. The van der Waals surface area contributed by atoms with E-state index in [0.717, 1.165) is 11.8 Å². The second-order valence-electron chi connectivity index (χ2n) is 21.3. The molecular weight excluding hydrogens is 819 g/mol. The average Bonchev–Trinajstić information content (AvgIpc) is 3.81. The fourth-order valence-electron chi connectivity index (χ4n) is 14.8. The van der Waals surface area contributed by atoms with Crippen LogP contribution >= 0.6 is 0 Å². The molecule has 328 valence electrons. The fourth-order valence-corrected chi connectivity index (χ4v) is 14.8. The van der Waals surface area contributed by atoms with E-state index in [9.17, 15) is 0 Å². The summed E-state index contributed by atoms with van der Waals surface area (Å²) >= 11 is 0. The molecule has 0 unspecified atom stereocenters. The summed E-state index contributed by atoms with van der Waals surface area (Å²) < 4.78 is 0. The number of anilines is 3. The third-order valence-corrected chi connectivity index (χ3v) is 17.5. The van der Waals surface area contributed by atoms with Crippen LogP contribution in [0, 0.1) is 23.7 Å². The Morgan fingerprint density at radius 1 is 0.338 bits per heavy atom. The Balaban J connectivity index is 0.895. The zero-order valence-corrected chi connectivity index (χ0v) is 39.0. The molecule has 9 aromatic carbocycles. The van der Waals surface area contributed by atoms with Gasteiger partial charge < -0.3 is 4.90 Å². The van der Waals surface area contributed by atoms with Crippen LogP contribution in [0.5, 0.6) is 0 Å². The van der Waals surface area contributed by atoms with E-state index in [0.29, 0.717) is 11.8 Å². The minimum Gasteiger partial charge on any atom is -0.310 e. The Kier molecular flexibility index (Phi) is 8.89. The van der Waals surface area contributed by atoms with Crippen LogP contribution in [0.15, 0.2) is 212 Å². The monoisotopic (exact) mass is 873 g/mol. The molecule has 4 bridgehead atoms. The molecule has 0 atom stereocenters. The highest BCUT2D eigenvalue weighted by Gasteiger charge is 2.61. The molecule has 0 aliphatic heterocycles. The van der Waals surface area contributed by atoms with Crippen molar-refractivity contribution >= 4 is 17.1 Å². The SMILES string of the molecule is CC1(C)c2ccccc2-c2cccc(-c3ccccc3N(c3ccc(-c4ccc(-c5ccc(-c6ccccc6)cc5)cc4)cc3)c3ccc4c(c3)C3(c5ccccc5-4)C4CC5CC(C4)CC3C5)c21. The smallest absolute Gasteiger partial charge is 0.0540 e. The average molecular weight is 874 g/mol. The van der Waals surface area contributed by atoms with Crippen molar-refractivity contribution in [2.75, 3.05) is 4.90 Å². The Labute approximate surface area is 401 Å². The van der Waals surface area contributed by atoms with Crippen molar-refractivity contribution in [3.8, 4) is 66.8 Å². The van der Waals surface area contributed by atoms with Crippen molar-refractivity contribution in [3.63, 3.8) is 0 Å². The second kappa shape index (κ2) is 15.1. The van der Waals surface area contributed by atoms with Gasteiger partial charge in [0.25, 0.3) is 0 Å². The Hall–Kier alpha value is -7.22. The maximum atomic E-state index is 2.66. The molecule has 68 heavy (non-hydrogen) atoms. The number of para-hydroxylation sites is 1. The third kappa shape index (κ3) is 5.87. The first kappa shape index (κ1) is 39.9. The van der Waals surface area contributed by atoms with Crippen molar-refractivity contribution in [1.29, 1.82) is 0 Å². The molecule has 6 aliphatic rings. The summed E-state index contributed by atoms with van der Waals surface area (Å²) in [6, 6.07) is 80.3. The van der Waals surface area contributed by atoms with E-state index in [4.69, 9.17) is 0 Å². The molecule has 0 radical (unpaired) electrons. The fraction of sp³-hybridized carbons (Fsp3) is 0.194. The van der Waals surface area contributed by atoms with Gasteiger partial charge in [-0.15, -0.1) is 0 Å². The number of hydrogen-bond donors (Lipinski definition) is 0. The van der Waals surface area contributed by atoms with Crippen LogP contribution in [-0.2, 0) is 10.8 Å². The van der Waals surface area contributed by atoms with Gasteiger partial charge in [-0.2, -0.15) is 0 Å². The van der Waals surface area contributed by atoms with Gasteiger partial charge in [0.15, 0.2) is 0 Å². The lowest BCUT2D eigenvalue weighted by Crippen LogP contribution is -2.55. The van der Waals surface area contributed by atoms with Gasteiger partial charge in [0.1, 0.15) is 0 Å². The first-order chi connectivity index (χ1) is 33.4. The van der Waals surface area contributed by atoms with Gasteiger partial charge in [0, 0.05) is 27.8 Å². The topological polar surface area (TPSA) is 3.24 Å². The zero-order chi connectivity index (χ0) is 45.1. The van der Waals surface area contributed by atoms with Gasteiger partial charge in [-0.1, -0.05) is 196 Å². The predicted octanol–water partition coefficient (Wildman–Crippen LogP) is 17.9. The minimum atomic E-state index is -0.144. The Bertz CT molecular complexity index is 3380. The van der Waals surface area contributed by atoms with Crippen LogP contribution < -0.4 is 4.90 Å². The van der Waals surface area contributed by atoms with Crippen molar-refractivity contribution in [3.05, 3.63) is 235 Å². The van der Waals surface area contributed by atoms with E-state index in [1.54, 1.807) is 11.1 Å². The van der Waals surface area contributed by atoms with Gasteiger partial charge >= 0.3 is 0 Å². The highest BCUT2D eigenvalue weighted by molar-refractivity contribution is 5.95. The molecule has 6 aliphatic carbocycles. The first-order valence-electron chi connectivity index (χ1n) is 25.2. The molecule has 1 heteroatoms. The van der Waals surface area contributed by atoms with Crippen LogP contribution in [0.4, 0.5) is 17.1 Å². The summed E-state index contributed by atoms with van der Waals surface area (Å²) in [7, 11) is 0. The van der Waals surface area contributed by atoms with Crippen LogP contribution in [0.25, 0.3) is 66.8 Å². The maximum Gasteiger partial charge on any atom is 0.0540 e. The lowest BCUT2D eigenvalue weighted by Gasteiger charge is -2.61. The summed E-state index contributed by atoms with van der Waals surface area (Å²) in [6.07, 6.45) is 6.95. The van der Waals surface area contributed by atoms with Crippen molar-refractivity contribution in [2.24, 2.45) is 23.7 Å². The molecular formula is C67H55N. The van der Waals surface area contributed by atoms with Gasteiger partial charge in [-0.25, -0.2) is 0 Å². The second-order valence-corrected chi connectivity index (χ2v) is 21.3. The van der Waals surface area contributed by atoms with E-state index in [1.807, 2.05) is 0 Å². The van der Waals surface area contributed by atoms with Crippen molar-refractivity contribution < 1.29 is 0 Å². The highest BCUT2D eigenvalue weighted by Crippen LogP contribution is 2.70. The lowest BCUT2D eigenvalue weighted by molar-refractivity contribution is -0.0399.